The Morgan fingerprint density at radius 1 is 1.17 bits per heavy atom. The van der Waals surface area contributed by atoms with Gasteiger partial charge in [0.25, 0.3) is 0 Å². The molecule has 5 nitrogen and oxygen atoms in total. The number of hydrogen-bond donors (Lipinski definition) is 2. The van der Waals surface area contributed by atoms with E-state index >= 15 is 0 Å². The summed E-state index contributed by atoms with van der Waals surface area (Å²) in [6, 6.07) is 15.7. The van der Waals surface area contributed by atoms with Crippen LogP contribution in [0.5, 0.6) is 0 Å². The highest BCUT2D eigenvalue weighted by molar-refractivity contribution is 7.90. The molecule has 0 spiro atoms. The number of allylic oxidation sites excluding steroid dienone is 4. The lowest BCUT2D eigenvalue weighted by molar-refractivity contribution is -0.132. The van der Waals surface area contributed by atoms with Crippen molar-refractivity contribution in [3.8, 4) is 10.6 Å². The first kappa shape index (κ1) is 20.3. The minimum Gasteiger partial charge on any atom is -0.478 e. The lowest BCUT2D eigenvalue weighted by Crippen LogP contribution is -2.07. The molecule has 2 N–H and O–H groups in total. The molecule has 0 bridgehead atoms. The van der Waals surface area contributed by atoms with Crippen LogP contribution in [0.25, 0.3) is 20.8 Å². The average Bonchev–Trinajstić information content (AvgIpc) is 3.06. The summed E-state index contributed by atoms with van der Waals surface area (Å²) < 4.78 is 16.9. The number of carboxylic acids is 1. The minimum atomic E-state index is -1.46. The number of thiazole rings is 1. The second-order valence-electron chi connectivity index (χ2n) is 6.74. The summed E-state index contributed by atoms with van der Waals surface area (Å²) in [5.74, 6) is -0.957. The third-order valence-electron chi connectivity index (χ3n) is 4.81. The van der Waals surface area contributed by atoms with Crippen molar-refractivity contribution in [2.45, 2.75) is 19.8 Å². The van der Waals surface area contributed by atoms with Crippen molar-refractivity contribution in [2.75, 3.05) is 4.72 Å². The summed E-state index contributed by atoms with van der Waals surface area (Å²) in [6.45, 7) is 1.91. The van der Waals surface area contributed by atoms with Gasteiger partial charge in [-0.05, 0) is 54.5 Å². The predicted molar refractivity (Wildman–Crippen MR) is 124 cm³/mol. The van der Waals surface area contributed by atoms with E-state index in [1.807, 2.05) is 49.4 Å². The van der Waals surface area contributed by atoms with Crippen LogP contribution in [0.4, 0.5) is 5.69 Å². The van der Waals surface area contributed by atoms with Crippen LogP contribution >= 0.6 is 11.3 Å². The Kier molecular flexibility index (Phi) is 5.92. The third kappa shape index (κ3) is 4.27. The van der Waals surface area contributed by atoms with Gasteiger partial charge in [-0.3, -0.25) is 0 Å². The second-order valence-corrected chi connectivity index (χ2v) is 9.04. The van der Waals surface area contributed by atoms with Crippen molar-refractivity contribution in [1.82, 2.24) is 4.98 Å². The molecule has 152 valence electrons. The van der Waals surface area contributed by atoms with E-state index in [2.05, 4.69) is 15.8 Å². The third-order valence-corrected chi connectivity index (χ3v) is 7.10. The summed E-state index contributed by atoms with van der Waals surface area (Å²) >= 11 is 1.64. The molecule has 1 heterocycles. The number of carboxylic acid groups (broad SMARTS) is 1. The van der Waals surface area contributed by atoms with Gasteiger partial charge in [-0.25, -0.2) is 14.0 Å². The molecule has 3 aromatic rings. The monoisotopic (exact) mass is 436 g/mol. The van der Waals surface area contributed by atoms with Crippen molar-refractivity contribution in [2.24, 2.45) is 0 Å². The molecule has 30 heavy (non-hydrogen) atoms. The number of nitrogens with zero attached hydrogens (tertiary/aromatic N) is 1. The lowest BCUT2D eigenvalue weighted by Gasteiger charge is -2.08. The maximum Gasteiger partial charge on any atom is 0.335 e. The van der Waals surface area contributed by atoms with Crippen molar-refractivity contribution in [3.63, 3.8) is 0 Å². The van der Waals surface area contributed by atoms with E-state index in [1.54, 1.807) is 29.6 Å². The molecular weight excluding hydrogens is 416 g/mol. The predicted octanol–water partition coefficient (Wildman–Crippen LogP) is 5.67. The van der Waals surface area contributed by atoms with Gasteiger partial charge in [0.2, 0.25) is 0 Å². The zero-order valence-electron chi connectivity index (χ0n) is 16.3. The zero-order chi connectivity index (χ0) is 21.1. The molecule has 4 rings (SSSR count). The van der Waals surface area contributed by atoms with Crippen LogP contribution in [-0.2, 0) is 15.8 Å². The molecule has 1 atom stereocenters. The molecule has 1 unspecified atom stereocenters. The van der Waals surface area contributed by atoms with Crippen LogP contribution < -0.4 is 4.72 Å². The van der Waals surface area contributed by atoms with Crippen LogP contribution in [-0.4, -0.2) is 20.3 Å². The summed E-state index contributed by atoms with van der Waals surface area (Å²) in [5.41, 5.74) is 3.72. The van der Waals surface area contributed by atoms with Gasteiger partial charge in [-0.15, -0.1) is 11.3 Å². The quantitative estimate of drug-likeness (QED) is 0.521. The lowest BCUT2D eigenvalue weighted by atomic mass is 10.0. The molecule has 0 fully saturated rings. The molecule has 0 aliphatic heterocycles. The average molecular weight is 437 g/mol. The molecule has 0 saturated heterocycles. The Hall–Kier alpha value is -3.03. The number of hydrogen-bond acceptors (Lipinski definition) is 4. The Morgan fingerprint density at radius 2 is 1.93 bits per heavy atom. The highest BCUT2D eigenvalue weighted by Crippen LogP contribution is 2.31. The Morgan fingerprint density at radius 3 is 2.63 bits per heavy atom. The van der Waals surface area contributed by atoms with Crippen LogP contribution in [0.15, 0.2) is 82.8 Å². The first-order valence-electron chi connectivity index (χ1n) is 9.53. The van der Waals surface area contributed by atoms with Crippen molar-refractivity contribution in [3.05, 3.63) is 82.8 Å². The van der Waals surface area contributed by atoms with Gasteiger partial charge in [0.1, 0.15) is 16.0 Å². The number of aromatic nitrogens is 1. The highest BCUT2D eigenvalue weighted by Gasteiger charge is 2.16. The number of carbonyl (C=O) groups is 1. The van der Waals surface area contributed by atoms with Gasteiger partial charge < -0.3 is 9.83 Å². The van der Waals surface area contributed by atoms with Crippen molar-refractivity contribution < 1.29 is 14.1 Å². The van der Waals surface area contributed by atoms with E-state index < -0.39 is 17.0 Å². The molecular formula is C23H20N2O3S2. The SMILES string of the molecule is CCC1=CC=C(S(=O)Nc2ccc(-c3nc4ccccc4s3)cc2)CC=C1C(=O)O. The molecule has 1 aromatic heterocycles. The first-order valence-corrected chi connectivity index (χ1v) is 11.5. The number of para-hydroxylation sites is 1. The fourth-order valence-electron chi connectivity index (χ4n) is 3.20. The minimum absolute atomic E-state index is 0.279. The standard InChI is InChI=1S/C23H20N2O3S2/c1-2-15-9-12-18(13-14-19(15)23(26)27)30(28)25-17-10-7-16(8-11-17)22-24-20-5-3-4-6-21(20)29-22/h3-12,14,25H,2,13H2,1H3,(H,26,27). The second kappa shape index (κ2) is 8.77. The number of rotatable bonds is 6. The van der Waals surface area contributed by atoms with Gasteiger partial charge in [-0.2, -0.15) is 0 Å². The Labute approximate surface area is 181 Å². The molecule has 2 aromatic carbocycles. The molecule has 1 aliphatic carbocycles. The van der Waals surface area contributed by atoms with Crippen LogP contribution in [0.1, 0.15) is 19.8 Å². The zero-order valence-corrected chi connectivity index (χ0v) is 17.9. The molecule has 0 amide bonds. The van der Waals surface area contributed by atoms with E-state index in [-0.39, 0.29) is 5.57 Å². The van der Waals surface area contributed by atoms with Crippen LogP contribution in [0, 0.1) is 0 Å². The van der Waals surface area contributed by atoms with E-state index in [1.165, 1.54) is 0 Å². The topological polar surface area (TPSA) is 79.3 Å². The summed E-state index contributed by atoms with van der Waals surface area (Å²) in [6.07, 6.45) is 6.06. The van der Waals surface area contributed by atoms with Gasteiger partial charge >= 0.3 is 5.97 Å². The molecule has 0 radical (unpaired) electrons. The normalized spacial score (nSPS) is 15.0. The van der Waals surface area contributed by atoms with Crippen LogP contribution in [0.2, 0.25) is 0 Å². The van der Waals surface area contributed by atoms with E-state index in [0.29, 0.717) is 17.7 Å². The number of benzene rings is 2. The summed E-state index contributed by atoms with van der Waals surface area (Å²) in [7, 11) is -1.46. The number of fused-ring (bicyclic) bond motifs is 1. The fraction of sp³-hybridized carbons (Fsp3) is 0.130. The number of aliphatic carboxylic acids is 1. The van der Waals surface area contributed by atoms with Crippen molar-refractivity contribution in [1.29, 1.82) is 0 Å². The van der Waals surface area contributed by atoms with Gasteiger partial charge in [0.05, 0.1) is 15.8 Å². The van der Waals surface area contributed by atoms with E-state index in [9.17, 15) is 14.1 Å². The Balaban J connectivity index is 1.49. The van der Waals surface area contributed by atoms with E-state index in [0.717, 1.165) is 32.0 Å². The molecule has 0 saturated carbocycles. The van der Waals surface area contributed by atoms with Gasteiger partial charge in [0.15, 0.2) is 0 Å². The first-order chi connectivity index (χ1) is 14.5. The fourth-order valence-corrected chi connectivity index (χ4v) is 5.08. The maximum absolute atomic E-state index is 12.8. The number of anilines is 1. The summed E-state index contributed by atoms with van der Waals surface area (Å²) in [4.78, 5) is 16.7. The molecule has 1 aliphatic rings. The van der Waals surface area contributed by atoms with Gasteiger partial charge in [-0.1, -0.05) is 31.2 Å². The molecule has 7 heteroatoms. The maximum atomic E-state index is 12.8. The van der Waals surface area contributed by atoms with Crippen molar-refractivity contribution >= 4 is 44.2 Å². The van der Waals surface area contributed by atoms with E-state index in [4.69, 9.17) is 0 Å². The smallest absolute Gasteiger partial charge is 0.335 e. The number of nitrogens with one attached hydrogen (secondary N) is 1. The summed E-state index contributed by atoms with van der Waals surface area (Å²) in [5, 5.41) is 10.3. The highest BCUT2D eigenvalue weighted by atomic mass is 32.2. The van der Waals surface area contributed by atoms with Gasteiger partial charge in [0, 0.05) is 22.6 Å². The Bertz CT molecular complexity index is 1190. The van der Waals surface area contributed by atoms with Crippen LogP contribution in [0.3, 0.4) is 0 Å². The largest absolute Gasteiger partial charge is 0.478 e.